The Labute approximate surface area is 116 Å². The molecular formula is C9H21AuNPS2. The maximum Gasteiger partial charge on any atom is 1.00 e. The van der Waals surface area contributed by atoms with Crippen molar-refractivity contribution >= 4 is 32.3 Å². The summed E-state index contributed by atoms with van der Waals surface area (Å²) in [5, 5.41) is 3.10. The van der Waals surface area contributed by atoms with Crippen LogP contribution in [0.5, 0.6) is 0 Å². The number of rotatable bonds is 3. The zero-order valence-electron chi connectivity index (χ0n) is 9.18. The zero-order valence-corrected chi connectivity index (χ0v) is 13.9. The summed E-state index contributed by atoms with van der Waals surface area (Å²) in [6.45, 7) is 7.97. The van der Waals surface area contributed by atoms with Crippen LogP contribution in [0.4, 0.5) is 0 Å². The Morgan fingerprint density at radius 1 is 1.29 bits per heavy atom. The molecule has 5 heteroatoms. The van der Waals surface area contributed by atoms with Crippen LogP contribution in [-0.4, -0.2) is 35.5 Å². The Bertz CT molecular complexity index is 103. The second kappa shape index (κ2) is 12.9. The van der Waals surface area contributed by atoms with E-state index in [2.05, 4.69) is 26.1 Å². The molecule has 1 heterocycles. The monoisotopic (exact) mass is 435 g/mol. The Kier molecular flexibility index (Phi) is 16.8. The number of thioether (sulfide) groups is 1. The van der Waals surface area contributed by atoms with Crippen molar-refractivity contribution < 1.29 is 22.4 Å². The van der Waals surface area contributed by atoms with Crippen molar-refractivity contribution in [3.05, 3.63) is 0 Å². The van der Waals surface area contributed by atoms with Crippen LogP contribution < -0.4 is 5.32 Å². The first-order chi connectivity index (χ1) is 6.24. The van der Waals surface area contributed by atoms with Crippen molar-refractivity contribution in [2.75, 3.05) is 30.8 Å². The maximum atomic E-state index is 4.85. The van der Waals surface area contributed by atoms with Gasteiger partial charge in [-0.3, -0.25) is 0 Å². The van der Waals surface area contributed by atoms with Gasteiger partial charge in [0, 0.05) is 12.3 Å². The van der Waals surface area contributed by atoms with E-state index in [4.69, 9.17) is 12.6 Å². The van der Waals surface area contributed by atoms with Gasteiger partial charge in [-0.1, -0.05) is 25.5 Å². The fraction of sp³-hybridized carbons (Fsp3) is 1.00. The molecule has 0 aromatic rings. The molecule has 0 bridgehead atoms. The molecule has 1 unspecified atom stereocenters. The van der Waals surface area contributed by atoms with Gasteiger partial charge in [0.1, 0.15) is 0 Å². The fourth-order valence-corrected chi connectivity index (χ4v) is 3.51. The second-order valence-corrected chi connectivity index (χ2v) is 8.00. The van der Waals surface area contributed by atoms with Crippen LogP contribution in [0.2, 0.25) is 0 Å². The number of hydrogen-bond acceptors (Lipinski definition) is 3. The van der Waals surface area contributed by atoms with Gasteiger partial charge in [0.15, 0.2) is 0 Å². The van der Waals surface area contributed by atoms with Crippen LogP contribution >= 0.6 is 19.7 Å². The fourth-order valence-electron chi connectivity index (χ4n) is 1.07. The average Bonchev–Trinajstić information content (AvgIpc) is 2.60. The molecule has 0 radical (unpaired) electrons. The van der Waals surface area contributed by atoms with Crippen LogP contribution in [0.3, 0.4) is 0 Å². The molecule has 1 fully saturated rings. The van der Waals surface area contributed by atoms with Gasteiger partial charge in [-0.05, 0) is 18.5 Å². The summed E-state index contributed by atoms with van der Waals surface area (Å²) < 4.78 is 0.296. The normalized spacial score (nSPS) is 19.9. The quantitative estimate of drug-likeness (QED) is 0.416. The molecule has 0 aromatic heterocycles. The topological polar surface area (TPSA) is 12.0 Å². The summed E-state index contributed by atoms with van der Waals surface area (Å²) in [7, 11) is 0.446. The van der Waals surface area contributed by atoms with E-state index in [1.165, 1.54) is 24.2 Å². The van der Waals surface area contributed by atoms with Gasteiger partial charge >= 0.3 is 22.4 Å². The molecule has 90 valence electrons. The molecule has 1 atom stereocenters. The maximum absolute atomic E-state index is 4.85. The van der Waals surface area contributed by atoms with E-state index in [9.17, 15) is 0 Å². The van der Waals surface area contributed by atoms with E-state index in [-0.39, 0.29) is 22.4 Å². The molecule has 0 aromatic carbocycles. The third-order valence-corrected chi connectivity index (χ3v) is 6.19. The largest absolute Gasteiger partial charge is 1.00 e. The minimum atomic E-state index is 0. The number of hydrogen-bond donors (Lipinski definition) is 1. The SMILES string of the molecule is CCP(CC)CC.[Au+].[S-]C1NCCS1. The van der Waals surface area contributed by atoms with E-state index < -0.39 is 0 Å². The van der Waals surface area contributed by atoms with E-state index in [0.717, 1.165) is 6.54 Å². The summed E-state index contributed by atoms with van der Waals surface area (Å²) in [6.07, 6.45) is 4.26. The Balaban J connectivity index is 0. The molecule has 1 nitrogen and oxygen atoms in total. The minimum absolute atomic E-state index is 0. The smallest absolute Gasteiger partial charge is 0.763 e. The first-order valence-corrected chi connectivity index (χ1v) is 8.39. The van der Waals surface area contributed by atoms with Gasteiger partial charge in [0.2, 0.25) is 0 Å². The molecule has 0 aliphatic carbocycles. The molecule has 0 spiro atoms. The summed E-state index contributed by atoms with van der Waals surface area (Å²) in [5.41, 5.74) is 0. The van der Waals surface area contributed by atoms with E-state index in [1.54, 1.807) is 11.8 Å². The second-order valence-electron chi connectivity index (χ2n) is 2.78. The van der Waals surface area contributed by atoms with Crippen molar-refractivity contribution in [2.24, 2.45) is 0 Å². The van der Waals surface area contributed by atoms with Crippen molar-refractivity contribution in [2.45, 2.75) is 25.5 Å². The summed E-state index contributed by atoms with van der Waals surface area (Å²) in [5.74, 6) is 1.19. The van der Waals surface area contributed by atoms with Crippen LogP contribution in [0.1, 0.15) is 20.8 Å². The van der Waals surface area contributed by atoms with E-state index in [0.29, 0.717) is 12.6 Å². The predicted molar refractivity (Wildman–Crippen MR) is 70.2 cm³/mol. The van der Waals surface area contributed by atoms with Crippen molar-refractivity contribution in [1.29, 1.82) is 0 Å². The first-order valence-electron chi connectivity index (χ1n) is 4.97. The van der Waals surface area contributed by atoms with Crippen molar-refractivity contribution in [3.8, 4) is 0 Å². The molecule has 0 saturated carbocycles. The van der Waals surface area contributed by atoms with E-state index >= 15 is 0 Å². The van der Waals surface area contributed by atoms with Crippen LogP contribution in [0.15, 0.2) is 0 Å². The zero-order chi connectivity index (χ0) is 10.1. The van der Waals surface area contributed by atoms with Gasteiger partial charge in [0.05, 0.1) is 0 Å². The van der Waals surface area contributed by atoms with E-state index in [1.807, 2.05) is 0 Å². The molecule has 1 rings (SSSR count). The molecule has 1 aliphatic heterocycles. The summed E-state index contributed by atoms with van der Waals surface area (Å²) >= 11 is 6.66. The first kappa shape index (κ1) is 18.2. The van der Waals surface area contributed by atoms with Gasteiger partial charge in [0.25, 0.3) is 0 Å². The molecule has 1 saturated heterocycles. The molecule has 0 amide bonds. The predicted octanol–water partition coefficient (Wildman–Crippen LogP) is 2.68. The van der Waals surface area contributed by atoms with Crippen LogP contribution in [-0.2, 0) is 35.0 Å². The van der Waals surface area contributed by atoms with Gasteiger partial charge in [-0.2, -0.15) is 11.8 Å². The van der Waals surface area contributed by atoms with Gasteiger partial charge in [-0.25, -0.2) is 0 Å². The molecule has 14 heavy (non-hydrogen) atoms. The standard InChI is InChI=1S/C6H15P.C3H7NS2.Au/c1-4-7(5-2)6-3;5-3-4-1-2-6-3;/h4-6H2,1-3H3;3-5H,1-2H2;/q;;+1/p-1. The summed E-state index contributed by atoms with van der Waals surface area (Å²) in [4.78, 5) is 0. The van der Waals surface area contributed by atoms with Gasteiger partial charge < -0.3 is 17.9 Å². The molecule has 1 aliphatic rings. The van der Waals surface area contributed by atoms with Gasteiger partial charge in [-0.15, -0.1) is 7.92 Å². The Morgan fingerprint density at radius 3 is 1.86 bits per heavy atom. The Hall–Kier alpha value is 1.83. The number of nitrogens with one attached hydrogen (secondary N) is 1. The van der Waals surface area contributed by atoms with Crippen molar-refractivity contribution in [1.82, 2.24) is 5.32 Å². The van der Waals surface area contributed by atoms with Crippen LogP contribution in [0, 0.1) is 0 Å². The van der Waals surface area contributed by atoms with Crippen molar-refractivity contribution in [3.63, 3.8) is 0 Å². The average molecular weight is 435 g/mol. The summed E-state index contributed by atoms with van der Waals surface area (Å²) in [6, 6.07) is 0. The molecule has 1 N–H and O–H groups in total. The molecular weight excluding hydrogens is 414 g/mol. The van der Waals surface area contributed by atoms with Crippen LogP contribution in [0.25, 0.3) is 0 Å². The third-order valence-electron chi connectivity index (χ3n) is 2.02. The third kappa shape index (κ3) is 10.4. The Morgan fingerprint density at radius 2 is 1.79 bits per heavy atom. The minimum Gasteiger partial charge on any atom is -0.763 e.